The van der Waals surface area contributed by atoms with Gasteiger partial charge in [-0.15, -0.1) is 0 Å². The first-order valence-electron chi connectivity index (χ1n) is 7.61. The van der Waals surface area contributed by atoms with Gasteiger partial charge in [-0.1, -0.05) is 17.7 Å². The third-order valence-corrected chi connectivity index (χ3v) is 4.44. The van der Waals surface area contributed by atoms with Crippen LogP contribution < -0.4 is 10.1 Å². The Morgan fingerprint density at radius 2 is 1.84 bits per heavy atom. The maximum absolute atomic E-state index is 11.8. The standard InChI is InChI=1S/C17H21N3O4S/c1-9-6-10(2)12(11(3)7-9)8-24-14-13(16(21)22)15(25-19-14)18-17(23)20(4)5/h6-7H,8H2,1-5H3,(H,18,23)(H,21,22). The third-order valence-electron chi connectivity index (χ3n) is 3.69. The van der Waals surface area contributed by atoms with Crippen molar-refractivity contribution in [1.29, 1.82) is 0 Å². The minimum atomic E-state index is -1.20. The lowest BCUT2D eigenvalue weighted by Crippen LogP contribution is -2.27. The fourth-order valence-electron chi connectivity index (χ4n) is 2.43. The summed E-state index contributed by atoms with van der Waals surface area (Å²) in [5.41, 5.74) is 4.17. The number of aromatic nitrogens is 1. The second kappa shape index (κ2) is 7.52. The van der Waals surface area contributed by atoms with Gasteiger partial charge >= 0.3 is 12.0 Å². The molecule has 0 bridgehead atoms. The highest BCUT2D eigenvalue weighted by Crippen LogP contribution is 2.31. The van der Waals surface area contributed by atoms with Gasteiger partial charge in [0.05, 0.1) is 0 Å². The van der Waals surface area contributed by atoms with Crippen molar-refractivity contribution in [2.75, 3.05) is 19.4 Å². The maximum atomic E-state index is 11.8. The zero-order valence-electron chi connectivity index (χ0n) is 14.8. The molecule has 0 aliphatic rings. The van der Waals surface area contributed by atoms with E-state index in [-0.39, 0.29) is 23.1 Å². The number of nitrogens with one attached hydrogen (secondary N) is 1. The number of benzene rings is 1. The van der Waals surface area contributed by atoms with Crippen molar-refractivity contribution >= 4 is 28.5 Å². The van der Waals surface area contributed by atoms with Crippen molar-refractivity contribution in [2.24, 2.45) is 0 Å². The summed E-state index contributed by atoms with van der Waals surface area (Å²) in [7, 11) is 3.13. The molecule has 2 aromatic rings. The van der Waals surface area contributed by atoms with E-state index in [2.05, 4.69) is 9.69 Å². The number of nitrogens with zero attached hydrogens (tertiary/aromatic N) is 2. The van der Waals surface area contributed by atoms with Crippen molar-refractivity contribution in [3.05, 3.63) is 39.9 Å². The molecule has 1 heterocycles. The number of hydrogen-bond donors (Lipinski definition) is 2. The van der Waals surface area contributed by atoms with Gasteiger partial charge in [0, 0.05) is 14.1 Å². The van der Waals surface area contributed by atoms with E-state index in [1.54, 1.807) is 14.1 Å². The van der Waals surface area contributed by atoms with Crippen molar-refractivity contribution in [1.82, 2.24) is 9.27 Å². The number of anilines is 1. The predicted molar refractivity (Wildman–Crippen MR) is 96.8 cm³/mol. The van der Waals surface area contributed by atoms with Gasteiger partial charge in [0.15, 0.2) is 5.56 Å². The molecule has 0 fully saturated rings. The number of carboxylic acids is 1. The normalized spacial score (nSPS) is 10.4. The Kier molecular flexibility index (Phi) is 5.63. The third kappa shape index (κ3) is 4.27. The van der Waals surface area contributed by atoms with Gasteiger partial charge in [0.2, 0.25) is 5.88 Å². The fraction of sp³-hybridized carbons (Fsp3) is 0.353. The molecule has 0 radical (unpaired) electrons. The average molecular weight is 363 g/mol. The van der Waals surface area contributed by atoms with E-state index in [1.165, 1.54) is 4.90 Å². The first-order chi connectivity index (χ1) is 11.7. The number of carboxylic acid groups (broad SMARTS) is 1. The second-order valence-corrected chi connectivity index (χ2v) is 6.76. The van der Waals surface area contributed by atoms with E-state index in [1.807, 2.05) is 32.9 Å². The first kappa shape index (κ1) is 18.7. The number of carbonyl (C=O) groups excluding carboxylic acids is 1. The summed E-state index contributed by atoms with van der Waals surface area (Å²) >= 11 is 0.882. The van der Waals surface area contributed by atoms with Crippen LogP contribution in [0.25, 0.3) is 0 Å². The molecule has 0 atom stereocenters. The Hall–Kier alpha value is -2.61. The highest BCUT2D eigenvalue weighted by atomic mass is 32.1. The summed E-state index contributed by atoms with van der Waals surface area (Å²) in [4.78, 5) is 24.6. The molecule has 0 saturated carbocycles. The van der Waals surface area contributed by atoms with E-state index in [0.717, 1.165) is 33.8 Å². The SMILES string of the molecule is Cc1cc(C)c(COc2nsc(NC(=O)N(C)C)c2C(=O)O)c(C)c1. The topological polar surface area (TPSA) is 91.8 Å². The molecule has 2 rings (SSSR count). The van der Waals surface area contributed by atoms with Crippen molar-refractivity contribution in [2.45, 2.75) is 27.4 Å². The lowest BCUT2D eigenvalue weighted by atomic mass is 10.0. The number of amides is 2. The molecule has 0 aliphatic carbocycles. The van der Waals surface area contributed by atoms with Crippen LogP contribution in [-0.4, -0.2) is 40.5 Å². The maximum Gasteiger partial charge on any atom is 0.344 e. The van der Waals surface area contributed by atoms with Gasteiger partial charge in [-0.05, 0) is 49.0 Å². The highest BCUT2D eigenvalue weighted by molar-refractivity contribution is 7.11. The summed E-state index contributed by atoms with van der Waals surface area (Å²) < 4.78 is 9.71. The van der Waals surface area contributed by atoms with Crippen LogP contribution >= 0.6 is 11.5 Å². The van der Waals surface area contributed by atoms with Crippen molar-refractivity contribution in [3.63, 3.8) is 0 Å². The van der Waals surface area contributed by atoms with Crippen LogP contribution in [-0.2, 0) is 6.61 Å². The Labute approximate surface area is 150 Å². The molecule has 0 aliphatic heterocycles. The minimum absolute atomic E-state index is 0.00549. The quantitative estimate of drug-likeness (QED) is 0.849. The number of urea groups is 1. The lowest BCUT2D eigenvalue weighted by molar-refractivity contribution is 0.0693. The van der Waals surface area contributed by atoms with Gasteiger partial charge in [-0.3, -0.25) is 5.32 Å². The van der Waals surface area contributed by atoms with E-state index in [9.17, 15) is 14.7 Å². The van der Waals surface area contributed by atoms with Crippen LogP contribution in [0.5, 0.6) is 5.88 Å². The highest BCUT2D eigenvalue weighted by Gasteiger charge is 2.24. The largest absolute Gasteiger partial charge is 0.477 e. The number of aromatic carboxylic acids is 1. The number of ether oxygens (including phenoxy) is 1. The van der Waals surface area contributed by atoms with E-state index in [0.29, 0.717) is 0 Å². The fourth-order valence-corrected chi connectivity index (χ4v) is 3.15. The van der Waals surface area contributed by atoms with Crippen LogP contribution in [0.15, 0.2) is 12.1 Å². The van der Waals surface area contributed by atoms with Gasteiger partial charge < -0.3 is 14.7 Å². The monoisotopic (exact) mass is 363 g/mol. The zero-order valence-corrected chi connectivity index (χ0v) is 15.7. The number of carbonyl (C=O) groups is 2. The summed E-state index contributed by atoms with van der Waals surface area (Å²) in [5, 5.41) is 12.1. The molecule has 2 amide bonds. The first-order valence-corrected chi connectivity index (χ1v) is 8.38. The van der Waals surface area contributed by atoms with Gasteiger partial charge in [-0.2, -0.15) is 4.37 Å². The Balaban J connectivity index is 2.25. The van der Waals surface area contributed by atoms with E-state index < -0.39 is 12.0 Å². The smallest absolute Gasteiger partial charge is 0.344 e. The second-order valence-electron chi connectivity index (χ2n) is 5.99. The molecule has 25 heavy (non-hydrogen) atoms. The summed E-state index contributed by atoms with van der Waals surface area (Å²) in [6.07, 6.45) is 0. The van der Waals surface area contributed by atoms with Crippen LogP contribution in [0.3, 0.4) is 0 Å². The number of aryl methyl sites for hydroxylation is 3. The van der Waals surface area contributed by atoms with Crippen molar-refractivity contribution < 1.29 is 19.4 Å². The summed E-state index contributed by atoms with van der Waals surface area (Å²) in [6, 6.07) is 3.67. The lowest BCUT2D eigenvalue weighted by Gasteiger charge is -2.12. The molecule has 2 N–H and O–H groups in total. The van der Waals surface area contributed by atoms with Gasteiger partial charge in [0.25, 0.3) is 0 Å². The summed E-state index contributed by atoms with van der Waals surface area (Å²) in [5.74, 6) is -1.19. The van der Waals surface area contributed by atoms with E-state index in [4.69, 9.17) is 4.74 Å². The van der Waals surface area contributed by atoms with Gasteiger partial charge in [0.1, 0.15) is 11.6 Å². The molecule has 7 nitrogen and oxygen atoms in total. The molecule has 134 valence electrons. The van der Waals surface area contributed by atoms with Gasteiger partial charge in [-0.25, -0.2) is 9.59 Å². The number of rotatable bonds is 5. The van der Waals surface area contributed by atoms with Crippen LogP contribution in [0.4, 0.5) is 9.80 Å². The molecule has 0 saturated heterocycles. The Morgan fingerprint density at radius 3 is 2.36 bits per heavy atom. The van der Waals surface area contributed by atoms with Crippen LogP contribution in [0.1, 0.15) is 32.6 Å². The molecular formula is C17H21N3O4S. The molecule has 0 spiro atoms. The van der Waals surface area contributed by atoms with Crippen LogP contribution in [0.2, 0.25) is 0 Å². The van der Waals surface area contributed by atoms with Crippen molar-refractivity contribution in [3.8, 4) is 5.88 Å². The zero-order chi connectivity index (χ0) is 18.7. The van der Waals surface area contributed by atoms with E-state index >= 15 is 0 Å². The Morgan fingerprint density at radius 1 is 1.24 bits per heavy atom. The average Bonchev–Trinajstić information content (AvgIpc) is 2.88. The molecule has 8 heteroatoms. The molecule has 1 aromatic heterocycles. The minimum Gasteiger partial charge on any atom is -0.477 e. The van der Waals surface area contributed by atoms with Crippen LogP contribution in [0, 0.1) is 20.8 Å². The number of hydrogen-bond acceptors (Lipinski definition) is 5. The molecule has 1 aromatic carbocycles. The molecule has 0 unspecified atom stereocenters. The molecular weight excluding hydrogens is 342 g/mol. The Bertz CT molecular complexity index is 791. The summed E-state index contributed by atoms with van der Waals surface area (Å²) in [6.45, 7) is 6.21. The predicted octanol–water partition coefficient (Wildman–Crippen LogP) is 3.44.